The normalized spacial score (nSPS) is 20.5. The summed E-state index contributed by atoms with van der Waals surface area (Å²) in [7, 11) is 2.14. The largest absolute Gasteiger partial charge is 0.476 e. The predicted octanol–water partition coefficient (Wildman–Crippen LogP) is 5.70. The number of hydroxylamine groups is 2. The van der Waals surface area contributed by atoms with Crippen LogP contribution < -0.4 is 4.74 Å². The van der Waals surface area contributed by atoms with Crippen LogP contribution in [-0.2, 0) is 16.1 Å². The molecule has 220 valence electrons. The number of hydrogen-bond acceptors (Lipinski definition) is 6. The molecule has 41 heavy (non-hydrogen) atoms. The number of likely N-dealkylation sites (tertiary alicyclic amines) is 1. The second kappa shape index (κ2) is 13.2. The maximum absolute atomic E-state index is 14.1. The number of rotatable bonds is 11. The van der Waals surface area contributed by atoms with Crippen LogP contribution in [0.15, 0.2) is 48.5 Å². The molecule has 3 aromatic rings. The molecule has 0 amide bonds. The van der Waals surface area contributed by atoms with E-state index < -0.39 is 17.7 Å². The Morgan fingerprint density at radius 1 is 1.10 bits per heavy atom. The Kier molecular flexibility index (Phi) is 9.47. The van der Waals surface area contributed by atoms with Gasteiger partial charge in [-0.15, -0.1) is 5.10 Å². The molecule has 2 aromatic carbocycles. The van der Waals surface area contributed by atoms with E-state index in [0.29, 0.717) is 37.1 Å². The number of para-hydroxylation sites is 1. The number of carbonyl (C=O) groups is 1. The number of benzene rings is 2. The van der Waals surface area contributed by atoms with Gasteiger partial charge >= 0.3 is 0 Å². The van der Waals surface area contributed by atoms with E-state index in [0.717, 1.165) is 55.4 Å². The summed E-state index contributed by atoms with van der Waals surface area (Å²) in [5.74, 6) is -0.921. The third-order valence-corrected chi connectivity index (χ3v) is 8.22. The zero-order chi connectivity index (χ0) is 28.9. The smallest absolute Gasteiger partial charge is 0.236 e. The number of Topliss-reactive ketones (excluding diaryl/α,β-unsaturated/α-hetero) is 1. The summed E-state index contributed by atoms with van der Waals surface area (Å²) in [6.07, 6.45) is 2.97. The molecule has 1 aromatic heterocycles. The van der Waals surface area contributed by atoms with Gasteiger partial charge in [0.15, 0.2) is 11.6 Å². The molecular formula is C32H40F2N4O3. The summed E-state index contributed by atoms with van der Waals surface area (Å²) in [4.78, 5) is 22.1. The highest BCUT2D eigenvalue weighted by molar-refractivity contribution is 5.81. The molecule has 2 aliphatic rings. The van der Waals surface area contributed by atoms with Crippen LogP contribution in [0.2, 0.25) is 0 Å². The van der Waals surface area contributed by atoms with Gasteiger partial charge in [-0.05, 0) is 82.1 Å². The maximum atomic E-state index is 14.1. The van der Waals surface area contributed by atoms with Gasteiger partial charge in [-0.25, -0.2) is 13.5 Å². The lowest BCUT2D eigenvalue weighted by molar-refractivity contribution is -0.149. The van der Waals surface area contributed by atoms with Gasteiger partial charge in [-0.2, -0.15) is 5.06 Å². The first-order valence-corrected chi connectivity index (χ1v) is 14.7. The zero-order valence-corrected chi connectivity index (χ0v) is 24.2. The first-order valence-electron chi connectivity index (χ1n) is 14.7. The second-order valence-electron chi connectivity index (χ2n) is 11.4. The minimum absolute atomic E-state index is 0.0339. The van der Waals surface area contributed by atoms with Crippen LogP contribution in [0.25, 0.3) is 5.69 Å². The summed E-state index contributed by atoms with van der Waals surface area (Å²) in [5, 5.41) is 6.63. The SMILES string of the molecule is CCCN1C[C@@H](CC(=O)Cc2c(C)c(OCC3CCN(C)CC3)nn2-c2ccccc2)[C@H](c2ccc(F)c(F)c2)O1. The number of piperidine rings is 1. The van der Waals surface area contributed by atoms with Crippen molar-refractivity contribution in [1.29, 1.82) is 0 Å². The number of carbonyl (C=O) groups excluding carboxylic acids is 1. The average Bonchev–Trinajstić information content (AvgIpc) is 3.50. The van der Waals surface area contributed by atoms with Crippen molar-refractivity contribution in [3.63, 3.8) is 0 Å². The fourth-order valence-electron chi connectivity index (χ4n) is 5.85. The molecule has 0 saturated carbocycles. The highest BCUT2D eigenvalue weighted by Crippen LogP contribution is 2.37. The van der Waals surface area contributed by atoms with Crippen molar-refractivity contribution in [3.8, 4) is 11.6 Å². The molecule has 0 aliphatic carbocycles. The Balaban J connectivity index is 1.34. The number of halogens is 2. The summed E-state index contributed by atoms with van der Waals surface area (Å²) in [6.45, 7) is 8.00. The molecule has 5 rings (SSSR count). The summed E-state index contributed by atoms with van der Waals surface area (Å²) in [6, 6.07) is 13.6. The van der Waals surface area contributed by atoms with Crippen molar-refractivity contribution < 1.29 is 23.1 Å². The molecule has 3 heterocycles. The van der Waals surface area contributed by atoms with Crippen molar-refractivity contribution in [3.05, 3.63) is 77.0 Å². The molecule has 0 spiro atoms. The van der Waals surface area contributed by atoms with Crippen LogP contribution >= 0.6 is 0 Å². The number of ether oxygens (including phenoxy) is 1. The van der Waals surface area contributed by atoms with Gasteiger partial charge in [0.2, 0.25) is 5.88 Å². The van der Waals surface area contributed by atoms with Crippen LogP contribution in [0.5, 0.6) is 5.88 Å². The van der Waals surface area contributed by atoms with Crippen LogP contribution in [0.4, 0.5) is 8.78 Å². The number of ketones is 1. The van der Waals surface area contributed by atoms with E-state index in [-0.39, 0.29) is 24.5 Å². The Morgan fingerprint density at radius 2 is 1.85 bits per heavy atom. The van der Waals surface area contributed by atoms with Crippen molar-refractivity contribution >= 4 is 5.78 Å². The quantitative estimate of drug-likeness (QED) is 0.297. The standard InChI is InChI=1S/C32H40F2N4O3/c1-4-14-37-20-25(31(41-37)24-10-11-28(33)29(34)18-24)17-27(39)19-30-22(2)32(35-38(30)26-8-6-5-7-9-26)40-21-23-12-15-36(3)16-13-23/h5-11,18,23,25,31H,4,12-17,19-21H2,1-3H3/t25-,31+/m1/s1. The average molecular weight is 567 g/mol. The fourth-order valence-corrected chi connectivity index (χ4v) is 5.85. The first kappa shape index (κ1) is 29.4. The van der Waals surface area contributed by atoms with E-state index >= 15 is 0 Å². The van der Waals surface area contributed by atoms with Gasteiger partial charge in [0.1, 0.15) is 11.9 Å². The van der Waals surface area contributed by atoms with E-state index in [1.54, 1.807) is 6.07 Å². The van der Waals surface area contributed by atoms with Crippen LogP contribution in [0, 0.1) is 30.4 Å². The lowest BCUT2D eigenvalue weighted by Gasteiger charge is -2.28. The van der Waals surface area contributed by atoms with E-state index in [1.165, 1.54) is 6.07 Å². The zero-order valence-electron chi connectivity index (χ0n) is 24.2. The summed E-state index contributed by atoms with van der Waals surface area (Å²) < 4.78 is 35.8. The molecule has 0 N–H and O–H groups in total. The molecule has 2 saturated heterocycles. The molecule has 2 atom stereocenters. The third-order valence-electron chi connectivity index (χ3n) is 8.22. The highest BCUT2D eigenvalue weighted by Gasteiger charge is 2.37. The lowest BCUT2D eigenvalue weighted by atomic mass is 9.90. The molecule has 0 unspecified atom stereocenters. The molecule has 7 nitrogen and oxygen atoms in total. The van der Waals surface area contributed by atoms with Crippen molar-refractivity contribution in [2.24, 2.45) is 11.8 Å². The molecular weight excluding hydrogens is 526 g/mol. The molecule has 9 heteroatoms. The van der Waals surface area contributed by atoms with E-state index in [9.17, 15) is 13.6 Å². The predicted molar refractivity (Wildman–Crippen MR) is 153 cm³/mol. The van der Waals surface area contributed by atoms with Gasteiger partial charge in [-0.3, -0.25) is 9.63 Å². The van der Waals surface area contributed by atoms with Crippen molar-refractivity contribution in [1.82, 2.24) is 19.7 Å². The van der Waals surface area contributed by atoms with Gasteiger partial charge in [0.05, 0.1) is 18.0 Å². The number of hydrogen-bond donors (Lipinski definition) is 0. The maximum Gasteiger partial charge on any atom is 0.236 e. The number of nitrogens with zero attached hydrogens (tertiary/aromatic N) is 4. The van der Waals surface area contributed by atoms with E-state index in [4.69, 9.17) is 14.7 Å². The minimum Gasteiger partial charge on any atom is -0.476 e. The van der Waals surface area contributed by atoms with Crippen molar-refractivity contribution in [2.45, 2.75) is 52.1 Å². The van der Waals surface area contributed by atoms with Crippen LogP contribution in [-0.4, -0.2) is 65.4 Å². The minimum atomic E-state index is -0.916. The summed E-state index contributed by atoms with van der Waals surface area (Å²) >= 11 is 0. The molecule has 0 radical (unpaired) electrons. The highest BCUT2D eigenvalue weighted by atomic mass is 19.2. The third kappa shape index (κ3) is 7.02. The van der Waals surface area contributed by atoms with Gasteiger partial charge in [-0.1, -0.05) is 31.2 Å². The molecule has 0 bridgehead atoms. The summed E-state index contributed by atoms with van der Waals surface area (Å²) in [5.41, 5.74) is 3.07. The fraction of sp³-hybridized carbons (Fsp3) is 0.500. The Morgan fingerprint density at radius 3 is 2.56 bits per heavy atom. The first-order chi connectivity index (χ1) is 19.8. The topological polar surface area (TPSA) is 59.8 Å². The van der Waals surface area contributed by atoms with E-state index in [2.05, 4.69) is 11.9 Å². The second-order valence-corrected chi connectivity index (χ2v) is 11.4. The Labute approximate surface area is 241 Å². The van der Waals surface area contributed by atoms with E-state index in [1.807, 2.05) is 53.9 Å². The van der Waals surface area contributed by atoms with Gasteiger partial charge in [0, 0.05) is 37.4 Å². The van der Waals surface area contributed by atoms with Gasteiger partial charge in [0.25, 0.3) is 0 Å². The monoisotopic (exact) mass is 566 g/mol. The Bertz CT molecular complexity index is 1320. The molecule has 2 fully saturated rings. The Hall–Kier alpha value is -3.14. The van der Waals surface area contributed by atoms with Crippen molar-refractivity contribution in [2.75, 3.05) is 39.8 Å². The lowest BCUT2D eigenvalue weighted by Crippen LogP contribution is -2.32. The van der Waals surface area contributed by atoms with Crippen LogP contribution in [0.3, 0.4) is 0 Å². The number of aromatic nitrogens is 2. The molecule has 2 aliphatic heterocycles. The van der Waals surface area contributed by atoms with Gasteiger partial charge < -0.3 is 9.64 Å². The van der Waals surface area contributed by atoms with Crippen LogP contribution in [0.1, 0.15) is 55.5 Å².